The van der Waals surface area contributed by atoms with E-state index in [1.54, 1.807) is 3.12 Å². The van der Waals surface area contributed by atoms with Crippen LogP contribution in [0.1, 0.15) is 0 Å². The van der Waals surface area contributed by atoms with Crippen molar-refractivity contribution in [3.05, 3.63) is 140 Å². The third-order valence-electron chi connectivity index (χ3n) is 8.06. The van der Waals surface area contributed by atoms with Crippen LogP contribution in [-0.2, 0) is 0 Å². The van der Waals surface area contributed by atoms with Gasteiger partial charge < -0.3 is 0 Å². The van der Waals surface area contributed by atoms with Crippen LogP contribution >= 0.6 is 0 Å². The molecule has 0 aromatic heterocycles. The van der Waals surface area contributed by atoms with Crippen molar-refractivity contribution in [2.45, 2.75) is 8.97 Å². The van der Waals surface area contributed by atoms with Gasteiger partial charge in [0.2, 0.25) is 0 Å². The van der Waals surface area contributed by atoms with Crippen molar-refractivity contribution >= 4 is 58.1 Å². The van der Waals surface area contributed by atoms with Crippen LogP contribution in [0.25, 0.3) is 65.7 Å². The summed E-state index contributed by atoms with van der Waals surface area (Å²) in [5.41, 5.74) is 7.73. The summed E-state index contributed by atoms with van der Waals surface area (Å²) in [7, 11) is 0. The minimum absolute atomic E-state index is 1.24. The summed E-state index contributed by atoms with van der Waals surface area (Å²) in [5, 5.41) is 8.04. The molecule has 0 radical (unpaired) electrons. The van der Waals surface area contributed by atoms with Crippen molar-refractivity contribution in [1.29, 1.82) is 0 Å². The number of rotatable bonds is 4. The molecule has 0 nitrogen and oxygen atoms in total. The van der Waals surface area contributed by atoms with Crippen LogP contribution in [0.4, 0.5) is 0 Å². The molecule has 0 bridgehead atoms. The minimum atomic E-state index is -1.83. The Labute approximate surface area is 238 Å². The average Bonchev–Trinajstić information content (AvgIpc) is 3.00. The van der Waals surface area contributed by atoms with Crippen LogP contribution in [0.15, 0.2) is 140 Å². The molecule has 0 N–H and O–H groups in total. The van der Waals surface area contributed by atoms with Crippen LogP contribution < -0.4 is 3.12 Å². The Kier molecular flexibility index (Phi) is 6.28. The Morgan fingerprint density at radius 3 is 1.33 bits per heavy atom. The molecular formula is C38H29Tl. The summed E-state index contributed by atoms with van der Waals surface area (Å²) in [5.74, 6) is 0. The molecule has 0 spiro atoms. The van der Waals surface area contributed by atoms with Gasteiger partial charge in [0, 0.05) is 0 Å². The van der Waals surface area contributed by atoms with Gasteiger partial charge in [-0.25, -0.2) is 0 Å². The van der Waals surface area contributed by atoms with Gasteiger partial charge >= 0.3 is 204 Å². The van der Waals surface area contributed by atoms with Gasteiger partial charge in [-0.3, -0.25) is 0 Å². The second-order valence-electron chi connectivity index (χ2n) is 10.7. The second kappa shape index (κ2) is 10.1. The van der Waals surface area contributed by atoms with Gasteiger partial charge in [-0.05, 0) is 5.56 Å². The van der Waals surface area contributed by atoms with Crippen LogP contribution in [0.2, 0.25) is 8.97 Å². The molecule has 0 atom stereocenters. The third-order valence-corrected chi connectivity index (χ3v) is 14.9. The van der Waals surface area contributed by atoms with Gasteiger partial charge in [0.05, 0.1) is 0 Å². The summed E-state index contributed by atoms with van der Waals surface area (Å²) < 4.78 is 6.63. The van der Waals surface area contributed by atoms with Crippen molar-refractivity contribution in [2.24, 2.45) is 0 Å². The molecule has 0 unspecified atom stereocenters. The predicted molar refractivity (Wildman–Crippen MR) is 172 cm³/mol. The molecule has 0 amide bonds. The number of hydrogen-bond donors (Lipinski definition) is 0. The van der Waals surface area contributed by atoms with Crippen LogP contribution in [0.3, 0.4) is 0 Å². The molecule has 0 aliphatic carbocycles. The quantitative estimate of drug-likeness (QED) is 0.128. The van der Waals surface area contributed by atoms with Crippen molar-refractivity contribution in [2.75, 3.05) is 0 Å². The van der Waals surface area contributed by atoms with Gasteiger partial charge in [0.25, 0.3) is 0 Å². The average molecular weight is 690 g/mol. The van der Waals surface area contributed by atoms with Gasteiger partial charge in [-0.15, -0.1) is 0 Å². The van der Waals surface area contributed by atoms with E-state index in [1.807, 2.05) is 0 Å². The van der Waals surface area contributed by atoms with Crippen molar-refractivity contribution in [3.63, 3.8) is 0 Å². The van der Waals surface area contributed by atoms with E-state index in [-0.39, 0.29) is 0 Å². The van der Waals surface area contributed by atoms with Gasteiger partial charge in [-0.1, -0.05) is 30.3 Å². The van der Waals surface area contributed by atoms with E-state index < -0.39 is 22.7 Å². The molecule has 0 saturated carbocycles. The fourth-order valence-electron chi connectivity index (χ4n) is 6.23. The Morgan fingerprint density at radius 2 is 0.769 bits per heavy atom. The molecule has 0 heterocycles. The summed E-state index contributed by atoms with van der Waals surface area (Å²) in [6, 6.07) is 51.5. The summed E-state index contributed by atoms with van der Waals surface area (Å²) in [6.07, 6.45) is 0. The van der Waals surface area contributed by atoms with E-state index in [0.29, 0.717) is 0 Å². The summed E-state index contributed by atoms with van der Waals surface area (Å²) >= 11 is -1.83. The first-order chi connectivity index (χ1) is 19.2. The van der Waals surface area contributed by atoms with E-state index in [4.69, 9.17) is 0 Å². The molecule has 0 aliphatic heterocycles. The van der Waals surface area contributed by atoms with E-state index in [0.717, 1.165) is 0 Å². The molecule has 7 aromatic rings. The first kappa shape index (κ1) is 24.3. The Balaban J connectivity index is 1.53. The normalized spacial score (nSPS) is 11.3. The van der Waals surface area contributed by atoms with Gasteiger partial charge in [0.15, 0.2) is 0 Å². The van der Waals surface area contributed by atoms with Gasteiger partial charge in [-0.2, -0.15) is 0 Å². The van der Waals surface area contributed by atoms with Crippen LogP contribution in [-0.4, -0.2) is 22.7 Å². The summed E-state index contributed by atoms with van der Waals surface area (Å²) in [4.78, 5) is 0. The number of benzene rings is 7. The van der Waals surface area contributed by atoms with E-state index in [1.165, 1.54) is 65.7 Å². The fraction of sp³-hybridized carbons (Fsp3) is 0.0526. The van der Waals surface area contributed by atoms with Crippen molar-refractivity contribution < 1.29 is 0 Å². The maximum atomic E-state index is 2.50. The molecule has 39 heavy (non-hydrogen) atoms. The molecule has 7 rings (SSSR count). The first-order valence-electron chi connectivity index (χ1n) is 13.8. The molecular weight excluding hydrogens is 661 g/mol. The molecule has 7 aromatic carbocycles. The number of fused-ring (bicyclic) bond motifs is 3. The predicted octanol–water partition coefficient (Wildman–Crippen LogP) is 10.1. The van der Waals surface area contributed by atoms with Gasteiger partial charge in [0.1, 0.15) is 0 Å². The molecule has 0 fully saturated rings. The van der Waals surface area contributed by atoms with Crippen molar-refractivity contribution in [1.82, 2.24) is 0 Å². The topological polar surface area (TPSA) is 0 Å². The Morgan fingerprint density at radius 1 is 0.333 bits per heavy atom. The van der Waals surface area contributed by atoms with Crippen molar-refractivity contribution in [3.8, 4) is 33.4 Å². The van der Waals surface area contributed by atoms with E-state index in [2.05, 4.69) is 148 Å². The molecule has 0 saturated heterocycles. The fourth-order valence-corrected chi connectivity index (χ4v) is 11.5. The standard InChI is InChI=1S/C36H23.2CH3.Tl/c1-2-11-25(12-3-1)26-21-23-28(24-22-26)35-31-16-6-8-18-33(31)36(34-19-9-7-17-32(34)35)30-20-10-14-27-13-4-5-15-29(27)30;;;/h1-13,15-24H;2*1H3;. The zero-order valence-electron chi connectivity index (χ0n) is 22.4. The maximum absolute atomic E-state index is 2.50. The SMILES string of the molecule is [CH3][Tl]([CH3])[c]1ccc(-c2c3ccccc3c(-c3ccc(-c4ccccc4)cc3)c3ccccc23)c2ccccc12. The molecule has 184 valence electrons. The van der Waals surface area contributed by atoms with Crippen LogP contribution in [0.5, 0.6) is 0 Å². The molecule has 1 heteroatoms. The zero-order valence-corrected chi connectivity index (χ0v) is 26.8. The third kappa shape index (κ3) is 4.18. The molecule has 0 aliphatic rings. The second-order valence-corrected chi connectivity index (χ2v) is 22.1. The zero-order chi connectivity index (χ0) is 26.3. The number of hydrogen-bond acceptors (Lipinski definition) is 0. The first-order valence-corrected chi connectivity index (χ1v) is 25.0. The summed E-state index contributed by atoms with van der Waals surface area (Å²) in [6.45, 7) is 0. The monoisotopic (exact) mass is 690 g/mol. The van der Waals surface area contributed by atoms with Crippen LogP contribution in [0, 0.1) is 0 Å². The van der Waals surface area contributed by atoms with E-state index >= 15 is 0 Å². The van der Waals surface area contributed by atoms with E-state index in [9.17, 15) is 0 Å². The Bertz CT molecular complexity index is 1910. The Hall–Kier alpha value is -3.76.